The number of nitrogens with one attached hydrogen (secondary N) is 2. The van der Waals surface area contributed by atoms with Gasteiger partial charge in [0.15, 0.2) is 3.95 Å². The monoisotopic (exact) mass is 287 g/mol. The molecule has 0 aliphatic heterocycles. The Hall–Kier alpha value is -0.720. The second-order valence-electron chi connectivity index (χ2n) is 4.66. The van der Waals surface area contributed by atoms with Gasteiger partial charge in [0.05, 0.1) is 6.42 Å². The molecule has 0 bridgehead atoms. The summed E-state index contributed by atoms with van der Waals surface area (Å²) in [6.07, 6.45) is 0.412. The zero-order valence-corrected chi connectivity index (χ0v) is 13.0. The molecular weight excluding hydrogens is 266 g/mol. The van der Waals surface area contributed by atoms with Gasteiger partial charge >= 0.3 is 0 Å². The van der Waals surface area contributed by atoms with E-state index < -0.39 is 0 Å². The van der Waals surface area contributed by atoms with Gasteiger partial charge in [-0.1, -0.05) is 0 Å². The molecule has 6 heteroatoms. The molecule has 2 N–H and O–H groups in total. The molecule has 0 saturated carbocycles. The van der Waals surface area contributed by atoms with Crippen molar-refractivity contribution in [2.75, 3.05) is 20.1 Å². The standard InChI is InChI=1S/C12H21N3OS2/c1-8(2)15(4)6-5-13-11(16)7-10-9(3)14-12(17)18-10/h8H,5-7H2,1-4H3,(H,13,16)(H,14,17). The molecule has 0 aliphatic carbocycles. The van der Waals surface area contributed by atoms with Gasteiger partial charge in [-0.25, -0.2) is 0 Å². The maximum Gasteiger partial charge on any atom is 0.225 e. The lowest BCUT2D eigenvalue weighted by atomic mass is 10.3. The number of H-pyrrole nitrogens is 1. The van der Waals surface area contributed by atoms with Crippen molar-refractivity contribution < 1.29 is 4.79 Å². The number of thiazole rings is 1. The van der Waals surface area contributed by atoms with E-state index in [2.05, 4.69) is 36.1 Å². The van der Waals surface area contributed by atoms with E-state index in [1.807, 2.05) is 6.92 Å². The Kier molecular flexibility index (Phi) is 5.98. The van der Waals surface area contributed by atoms with Crippen LogP contribution in [0.4, 0.5) is 0 Å². The molecule has 0 aliphatic rings. The van der Waals surface area contributed by atoms with Crippen molar-refractivity contribution in [2.24, 2.45) is 0 Å². The first-order valence-electron chi connectivity index (χ1n) is 6.05. The SMILES string of the molecule is Cc1[nH]c(=S)sc1CC(=O)NCCN(C)C(C)C. The second-order valence-corrected chi connectivity index (χ2v) is 6.44. The smallest absolute Gasteiger partial charge is 0.225 e. The Balaban J connectivity index is 2.34. The van der Waals surface area contributed by atoms with Crippen molar-refractivity contribution >= 4 is 29.5 Å². The number of aromatic amines is 1. The summed E-state index contributed by atoms with van der Waals surface area (Å²) >= 11 is 6.52. The number of aryl methyl sites for hydroxylation is 1. The zero-order chi connectivity index (χ0) is 13.7. The van der Waals surface area contributed by atoms with Crippen LogP contribution >= 0.6 is 23.6 Å². The van der Waals surface area contributed by atoms with E-state index in [0.717, 1.165) is 21.1 Å². The van der Waals surface area contributed by atoms with Crippen LogP contribution in [-0.4, -0.2) is 42.0 Å². The van der Waals surface area contributed by atoms with Gasteiger partial charge in [0.25, 0.3) is 0 Å². The number of likely N-dealkylation sites (N-methyl/N-ethyl adjacent to an activating group) is 1. The molecule has 1 heterocycles. The fourth-order valence-corrected chi connectivity index (χ4v) is 2.73. The van der Waals surface area contributed by atoms with Crippen molar-refractivity contribution in [1.82, 2.24) is 15.2 Å². The second kappa shape index (κ2) is 7.01. The minimum atomic E-state index is 0.0560. The Morgan fingerprint density at radius 3 is 2.72 bits per heavy atom. The fourth-order valence-electron chi connectivity index (χ4n) is 1.44. The zero-order valence-electron chi connectivity index (χ0n) is 11.4. The molecule has 0 saturated heterocycles. The first kappa shape index (κ1) is 15.3. The van der Waals surface area contributed by atoms with Crippen LogP contribution < -0.4 is 5.32 Å². The summed E-state index contributed by atoms with van der Waals surface area (Å²) in [6.45, 7) is 7.77. The summed E-state index contributed by atoms with van der Waals surface area (Å²) in [6, 6.07) is 0.499. The Morgan fingerprint density at radius 2 is 2.22 bits per heavy atom. The van der Waals surface area contributed by atoms with E-state index in [9.17, 15) is 4.79 Å². The molecule has 0 unspecified atom stereocenters. The van der Waals surface area contributed by atoms with E-state index in [0.29, 0.717) is 19.0 Å². The number of nitrogens with zero attached hydrogens (tertiary/aromatic N) is 1. The van der Waals surface area contributed by atoms with Crippen LogP contribution in [-0.2, 0) is 11.2 Å². The Morgan fingerprint density at radius 1 is 1.56 bits per heavy atom. The van der Waals surface area contributed by atoms with E-state index >= 15 is 0 Å². The van der Waals surface area contributed by atoms with Gasteiger partial charge in [-0.3, -0.25) is 4.79 Å². The first-order chi connectivity index (χ1) is 8.40. The van der Waals surface area contributed by atoms with Gasteiger partial charge in [-0.2, -0.15) is 0 Å². The van der Waals surface area contributed by atoms with Crippen molar-refractivity contribution in [2.45, 2.75) is 33.2 Å². The molecule has 1 aromatic heterocycles. The number of hydrogen-bond donors (Lipinski definition) is 2. The number of hydrogen-bond acceptors (Lipinski definition) is 4. The third-order valence-corrected chi connectivity index (χ3v) is 4.25. The average molecular weight is 287 g/mol. The van der Waals surface area contributed by atoms with E-state index in [1.54, 1.807) is 0 Å². The lowest BCUT2D eigenvalue weighted by Gasteiger charge is -2.20. The summed E-state index contributed by atoms with van der Waals surface area (Å²) in [5, 5.41) is 2.93. The van der Waals surface area contributed by atoms with Crippen molar-refractivity contribution in [3.63, 3.8) is 0 Å². The molecule has 4 nitrogen and oxygen atoms in total. The highest BCUT2D eigenvalue weighted by Gasteiger charge is 2.09. The maximum absolute atomic E-state index is 11.8. The van der Waals surface area contributed by atoms with Crippen LogP contribution in [0.25, 0.3) is 0 Å². The summed E-state index contributed by atoms with van der Waals surface area (Å²) < 4.78 is 0.731. The van der Waals surface area contributed by atoms with E-state index in [1.165, 1.54) is 11.3 Å². The van der Waals surface area contributed by atoms with Gasteiger partial charge in [0.2, 0.25) is 5.91 Å². The van der Waals surface area contributed by atoms with Crippen LogP contribution in [0.5, 0.6) is 0 Å². The normalized spacial score (nSPS) is 11.2. The van der Waals surface area contributed by atoms with Gasteiger partial charge in [-0.05, 0) is 40.0 Å². The van der Waals surface area contributed by atoms with Crippen molar-refractivity contribution in [3.8, 4) is 0 Å². The molecule has 1 amide bonds. The highest BCUT2D eigenvalue weighted by Crippen LogP contribution is 2.14. The third kappa shape index (κ3) is 4.88. The van der Waals surface area contributed by atoms with Gasteiger partial charge < -0.3 is 15.2 Å². The van der Waals surface area contributed by atoms with Crippen LogP contribution in [0.15, 0.2) is 0 Å². The number of aromatic nitrogens is 1. The minimum absolute atomic E-state index is 0.0560. The average Bonchev–Trinajstić information content (AvgIpc) is 2.57. The number of carbonyl (C=O) groups is 1. The van der Waals surface area contributed by atoms with Crippen molar-refractivity contribution in [1.29, 1.82) is 0 Å². The van der Waals surface area contributed by atoms with Crippen LogP contribution in [0.2, 0.25) is 0 Å². The first-order valence-corrected chi connectivity index (χ1v) is 7.28. The fraction of sp³-hybridized carbons (Fsp3) is 0.667. The molecule has 0 radical (unpaired) electrons. The quantitative estimate of drug-likeness (QED) is 0.788. The van der Waals surface area contributed by atoms with Gasteiger partial charge in [0.1, 0.15) is 0 Å². The van der Waals surface area contributed by atoms with Gasteiger partial charge in [-0.15, -0.1) is 11.3 Å². The molecule has 0 fully saturated rings. The largest absolute Gasteiger partial charge is 0.355 e. The predicted molar refractivity (Wildman–Crippen MR) is 78.7 cm³/mol. The Labute approximate surface area is 117 Å². The van der Waals surface area contributed by atoms with E-state index in [4.69, 9.17) is 12.2 Å². The molecule has 18 heavy (non-hydrogen) atoms. The van der Waals surface area contributed by atoms with Gasteiger partial charge in [0, 0.05) is 29.7 Å². The van der Waals surface area contributed by atoms with Crippen LogP contribution in [0.1, 0.15) is 24.4 Å². The molecule has 0 aromatic carbocycles. The highest BCUT2D eigenvalue weighted by molar-refractivity contribution is 7.73. The molecular formula is C12H21N3OS2. The molecule has 1 aromatic rings. The third-order valence-electron chi connectivity index (χ3n) is 2.91. The molecule has 102 valence electrons. The van der Waals surface area contributed by atoms with Crippen LogP contribution in [0, 0.1) is 10.9 Å². The lowest BCUT2D eigenvalue weighted by molar-refractivity contribution is -0.120. The lowest BCUT2D eigenvalue weighted by Crippen LogP contribution is -2.36. The highest BCUT2D eigenvalue weighted by atomic mass is 32.1. The number of carbonyl (C=O) groups excluding carboxylic acids is 1. The topological polar surface area (TPSA) is 48.1 Å². The number of amides is 1. The predicted octanol–water partition coefficient (Wildman–Crippen LogP) is 2.11. The summed E-state index contributed by atoms with van der Waals surface area (Å²) in [7, 11) is 2.05. The summed E-state index contributed by atoms with van der Waals surface area (Å²) in [5.41, 5.74) is 0.999. The Bertz CT molecular complexity index is 450. The minimum Gasteiger partial charge on any atom is -0.355 e. The van der Waals surface area contributed by atoms with Crippen LogP contribution in [0.3, 0.4) is 0 Å². The summed E-state index contributed by atoms with van der Waals surface area (Å²) in [5.74, 6) is 0.0560. The molecule has 1 rings (SSSR count). The molecule has 0 atom stereocenters. The summed E-state index contributed by atoms with van der Waals surface area (Å²) in [4.78, 5) is 18.0. The van der Waals surface area contributed by atoms with Crippen molar-refractivity contribution in [3.05, 3.63) is 14.5 Å². The van der Waals surface area contributed by atoms with E-state index in [-0.39, 0.29) is 5.91 Å². The number of rotatable bonds is 6. The molecule has 0 spiro atoms. The maximum atomic E-state index is 11.8.